The van der Waals surface area contributed by atoms with Gasteiger partial charge in [0.05, 0.1) is 22.8 Å². The van der Waals surface area contributed by atoms with Crippen molar-refractivity contribution in [1.82, 2.24) is 29.1 Å². The van der Waals surface area contributed by atoms with E-state index in [1.807, 2.05) is 27.9 Å². The number of fused-ring (bicyclic) bond motifs is 8. The third kappa shape index (κ3) is 5.45. The first-order valence-electron chi connectivity index (χ1n) is 16.4. The van der Waals surface area contributed by atoms with Gasteiger partial charge in [0.15, 0.2) is 0 Å². The fourth-order valence-electron chi connectivity index (χ4n) is 6.73. The lowest BCUT2D eigenvalue weighted by Crippen LogP contribution is -1.92. The van der Waals surface area contributed by atoms with Gasteiger partial charge in [-0.25, -0.2) is 9.97 Å². The highest BCUT2D eigenvalue weighted by Gasteiger charge is 2.19. The third-order valence-electron chi connectivity index (χ3n) is 8.89. The average Bonchev–Trinajstić information content (AvgIpc) is 3.93. The molecule has 0 aromatic carbocycles. The van der Waals surface area contributed by atoms with Crippen molar-refractivity contribution in [3.8, 4) is 22.3 Å². The van der Waals surface area contributed by atoms with Gasteiger partial charge in [-0.3, -0.25) is 0 Å². The molecular weight excluding hydrogens is 589 g/mol. The SMILES string of the molecule is C/C=C\C(=C/C)c1c2nc(c(C(/C=C\C)=C/C)c3ccc([nH]3)c(-c3ccn(C)c3)c3nc(c(-c4ccn(C)c4)c4ccc1[nH]4)C=C3)C=C2. The molecule has 2 aliphatic heterocycles. The van der Waals surface area contributed by atoms with E-state index in [4.69, 9.17) is 9.97 Å². The second-order valence-electron chi connectivity index (χ2n) is 12.1. The summed E-state index contributed by atoms with van der Waals surface area (Å²) in [5.74, 6) is 0. The van der Waals surface area contributed by atoms with E-state index in [-0.39, 0.29) is 0 Å². The summed E-state index contributed by atoms with van der Waals surface area (Å²) in [5.41, 5.74) is 16.2. The zero-order valence-corrected chi connectivity index (χ0v) is 28.3. The van der Waals surface area contributed by atoms with Gasteiger partial charge in [-0.15, -0.1) is 0 Å². The Kier molecular flexibility index (Phi) is 8.15. The summed E-state index contributed by atoms with van der Waals surface area (Å²) in [7, 11) is 4.10. The molecule has 6 heteroatoms. The Morgan fingerprint density at radius 1 is 0.542 bits per heavy atom. The molecule has 8 bridgehead atoms. The maximum absolute atomic E-state index is 5.35. The zero-order valence-electron chi connectivity index (χ0n) is 28.3. The quantitative estimate of drug-likeness (QED) is 0.180. The summed E-state index contributed by atoms with van der Waals surface area (Å²) < 4.78 is 4.16. The molecule has 5 aromatic heterocycles. The lowest BCUT2D eigenvalue weighted by atomic mass is 10.0. The number of aromatic nitrogens is 6. The predicted octanol–water partition coefficient (Wildman–Crippen LogP) is 10.6. The largest absolute Gasteiger partial charge is 0.357 e. The van der Waals surface area contributed by atoms with Gasteiger partial charge in [-0.1, -0.05) is 36.5 Å². The molecule has 0 radical (unpaired) electrons. The van der Waals surface area contributed by atoms with E-state index in [1.165, 1.54) is 0 Å². The lowest BCUT2D eigenvalue weighted by Gasteiger charge is -2.07. The summed E-state index contributed by atoms with van der Waals surface area (Å²) in [5, 5.41) is 0. The van der Waals surface area contributed by atoms with E-state index in [2.05, 4.69) is 155 Å². The second kappa shape index (κ2) is 12.7. The molecule has 2 aliphatic rings. The van der Waals surface area contributed by atoms with Gasteiger partial charge in [0, 0.05) is 94.3 Å². The van der Waals surface area contributed by atoms with Crippen LogP contribution < -0.4 is 0 Å². The fraction of sp³-hybridized carbons (Fsp3) is 0.143. The van der Waals surface area contributed by atoms with Crippen molar-refractivity contribution < 1.29 is 0 Å². The van der Waals surface area contributed by atoms with Crippen LogP contribution in [0, 0.1) is 0 Å². The van der Waals surface area contributed by atoms with Crippen molar-refractivity contribution in [3.05, 3.63) is 132 Å². The van der Waals surface area contributed by atoms with E-state index in [0.29, 0.717) is 0 Å². The minimum absolute atomic E-state index is 0.906. The van der Waals surface area contributed by atoms with E-state index in [9.17, 15) is 0 Å². The molecule has 0 fully saturated rings. The lowest BCUT2D eigenvalue weighted by molar-refractivity contribution is 0.928. The Bertz CT molecular complexity index is 2240. The van der Waals surface area contributed by atoms with Gasteiger partial charge < -0.3 is 19.1 Å². The van der Waals surface area contributed by atoms with Crippen molar-refractivity contribution in [1.29, 1.82) is 0 Å². The highest BCUT2D eigenvalue weighted by molar-refractivity contribution is 5.99. The Morgan fingerprint density at radius 2 is 0.938 bits per heavy atom. The van der Waals surface area contributed by atoms with Crippen molar-refractivity contribution in [3.63, 3.8) is 0 Å². The third-order valence-corrected chi connectivity index (χ3v) is 8.89. The number of rotatable bonds is 6. The maximum atomic E-state index is 5.35. The smallest absolute Gasteiger partial charge is 0.0737 e. The number of nitrogens with one attached hydrogen (secondary N) is 2. The minimum atomic E-state index is 0.906. The molecule has 6 nitrogen and oxygen atoms in total. The zero-order chi connectivity index (χ0) is 33.4. The van der Waals surface area contributed by atoms with Crippen LogP contribution in [-0.4, -0.2) is 29.1 Å². The molecule has 7 heterocycles. The van der Waals surface area contributed by atoms with Crippen molar-refractivity contribution in [2.75, 3.05) is 0 Å². The van der Waals surface area contributed by atoms with Crippen molar-refractivity contribution in [2.45, 2.75) is 27.7 Å². The summed E-state index contributed by atoms with van der Waals surface area (Å²) >= 11 is 0. The summed E-state index contributed by atoms with van der Waals surface area (Å²) in [6.45, 7) is 8.26. The van der Waals surface area contributed by atoms with E-state index in [0.717, 1.165) is 89.4 Å². The van der Waals surface area contributed by atoms with Gasteiger partial charge in [-0.05, 0) is 99.5 Å². The number of allylic oxidation sites excluding steroid dienone is 8. The summed E-state index contributed by atoms with van der Waals surface area (Å²) in [6, 6.07) is 13.0. The van der Waals surface area contributed by atoms with Gasteiger partial charge in [0.2, 0.25) is 0 Å². The Morgan fingerprint density at radius 3 is 1.31 bits per heavy atom. The number of nitrogens with zero attached hydrogens (tertiary/aromatic N) is 4. The molecule has 0 atom stereocenters. The first kappa shape index (κ1) is 30.8. The molecule has 0 saturated carbocycles. The monoisotopic (exact) mass is 628 g/mol. The molecule has 238 valence electrons. The number of H-pyrrole nitrogens is 2. The Balaban J connectivity index is 1.72. The first-order chi connectivity index (χ1) is 23.4. The molecule has 0 amide bonds. The summed E-state index contributed by atoms with van der Waals surface area (Å²) in [6.07, 6.45) is 29.7. The van der Waals surface area contributed by atoms with Gasteiger partial charge >= 0.3 is 0 Å². The number of aromatic amines is 2. The average molecular weight is 629 g/mol. The van der Waals surface area contributed by atoms with Crippen LogP contribution in [0.3, 0.4) is 0 Å². The Hall–Kier alpha value is -5.88. The predicted molar refractivity (Wildman–Crippen MR) is 205 cm³/mol. The second-order valence-corrected chi connectivity index (χ2v) is 12.1. The number of aryl methyl sites for hydroxylation is 2. The van der Waals surface area contributed by atoms with E-state index >= 15 is 0 Å². The minimum Gasteiger partial charge on any atom is -0.357 e. The van der Waals surface area contributed by atoms with E-state index < -0.39 is 0 Å². The van der Waals surface area contributed by atoms with Crippen LogP contribution in [0.25, 0.3) is 79.8 Å². The summed E-state index contributed by atoms with van der Waals surface area (Å²) in [4.78, 5) is 18.3. The van der Waals surface area contributed by atoms with Crippen LogP contribution in [0.2, 0.25) is 0 Å². The normalized spacial score (nSPS) is 13.5. The topological polar surface area (TPSA) is 67.2 Å². The highest BCUT2D eigenvalue weighted by Crippen LogP contribution is 2.37. The molecule has 7 rings (SSSR count). The first-order valence-corrected chi connectivity index (χ1v) is 16.4. The molecule has 0 aliphatic carbocycles. The van der Waals surface area contributed by atoms with Crippen LogP contribution >= 0.6 is 0 Å². The van der Waals surface area contributed by atoms with Crippen LogP contribution in [0.5, 0.6) is 0 Å². The molecular formula is C42H40N6. The fourth-order valence-corrected chi connectivity index (χ4v) is 6.73. The number of hydrogen-bond acceptors (Lipinski definition) is 2. The van der Waals surface area contributed by atoms with Crippen molar-refractivity contribution >= 4 is 57.5 Å². The molecule has 0 spiro atoms. The van der Waals surface area contributed by atoms with Crippen LogP contribution in [0.4, 0.5) is 0 Å². The molecule has 2 N–H and O–H groups in total. The molecule has 48 heavy (non-hydrogen) atoms. The van der Waals surface area contributed by atoms with Crippen LogP contribution in [0.15, 0.2) is 97.6 Å². The van der Waals surface area contributed by atoms with Crippen LogP contribution in [0.1, 0.15) is 61.6 Å². The molecule has 0 unspecified atom stereocenters. The Labute approximate surface area is 281 Å². The van der Waals surface area contributed by atoms with Crippen LogP contribution in [-0.2, 0) is 14.1 Å². The number of hydrogen-bond donors (Lipinski definition) is 2. The maximum Gasteiger partial charge on any atom is 0.0737 e. The van der Waals surface area contributed by atoms with Gasteiger partial charge in [0.25, 0.3) is 0 Å². The van der Waals surface area contributed by atoms with Crippen molar-refractivity contribution in [2.24, 2.45) is 14.1 Å². The highest BCUT2D eigenvalue weighted by atomic mass is 14.9. The molecule has 0 saturated heterocycles. The van der Waals surface area contributed by atoms with Gasteiger partial charge in [0.1, 0.15) is 0 Å². The standard InChI is InChI=1S/C42H40N6/c1-7-11-27(9-3)39-31-13-14-32(43-31)40(28(10-4)12-8-2)34-16-18-36(45-34)42(30-22-24-48(6)26-30)38-20-19-37(46-38)41(29-21-23-47(5)25-29)35-17-15-33(39)44-35/h7-26,44-45H,1-6H3/b11-7-,12-8-,27-9+,28-10+,39-31?,39-33?,40-32?,40-34?,41-35?,41-37?,42-36?,42-38?. The molecule has 5 aromatic rings. The van der Waals surface area contributed by atoms with Gasteiger partial charge in [-0.2, -0.15) is 0 Å². The van der Waals surface area contributed by atoms with E-state index in [1.54, 1.807) is 0 Å².